The Morgan fingerprint density at radius 3 is 2.79 bits per heavy atom. The van der Waals surface area contributed by atoms with Crippen LogP contribution in [-0.4, -0.2) is 70.3 Å². The van der Waals surface area contributed by atoms with Crippen molar-refractivity contribution in [3.63, 3.8) is 0 Å². The van der Waals surface area contributed by atoms with Crippen molar-refractivity contribution < 1.29 is 5.11 Å². The van der Waals surface area contributed by atoms with Gasteiger partial charge in [-0.3, -0.25) is 4.79 Å². The van der Waals surface area contributed by atoms with Gasteiger partial charge in [-0.15, -0.1) is 11.3 Å². The summed E-state index contributed by atoms with van der Waals surface area (Å²) in [6.07, 6.45) is 2.23. The fourth-order valence-electron chi connectivity index (χ4n) is 5.06. The average Bonchev–Trinajstić information content (AvgIpc) is 3.53. The molecule has 172 valence electrons. The topological polar surface area (TPSA) is 100 Å². The number of imidazole rings is 1. The summed E-state index contributed by atoms with van der Waals surface area (Å²) in [4.78, 5) is 30.0. The molecule has 0 bridgehead atoms. The van der Waals surface area contributed by atoms with Crippen molar-refractivity contribution in [3.05, 3.63) is 40.0 Å². The number of likely N-dealkylation sites (N-methyl/N-ethyl adjacent to an activating group) is 1. The number of aliphatic hydroxyl groups excluding tert-OH is 1. The third kappa shape index (κ3) is 3.70. The Balaban J connectivity index is 1.43. The average molecular weight is 465 g/mol. The minimum Gasteiger partial charge on any atom is -0.391 e. The van der Waals surface area contributed by atoms with Gasteiger partial charge >= 0.3 is 0 Å². The van der Waals surface area contributed by atoms with Crippen LogP contribution in [0.2, 0.25) is 0 Å². The summed E-state index contributed by atoms with van der Waals surface area (Å²) >= 11 is 1.50. The molecule has 9 heteroatoms. The molecule has 4 N–H and O–H groups in total. The Morgan fingerprint density at radius 2 is 2.00 bits per heavy atom. The lowest BCUT2D eigenvalue weighted by atomic mass is 10.1. The second-order valence-electron chi connectivity index (χ2n) is 9.19. The van der Waals surface area contributed by atoms with Crippen LogP contribution in [0.3, 0.4) is 0 Å². The van der Waals surface area contributed by atoms with E-state index in [0.717, 1.165) is 72.4 Å². The van der Waals surface area contributed by atoms with Crippen molar-refractivity contribution in [1.29, 1.82) is 0 Å². The fraction of sp³-hybridized carbons (Fsp3) is 0.417. The van der Waals surface area contributed by atoms with Crippen LogP contribution in [0, 0.1) is 0 Å². The number of aromatic nitrogens is 3. The Labute approximate surface area is 195 Å². The molecule has 2 aliphatic rings. The van der Waals surface area contributed by atoms with Crippen molar-refractivity contribution >= 4 is 44.0 Å². The molecule has 0 radical (unpaired) electrons. The van der Waals surface area contributed by atoms with E-state index < -0.39 is 6.10 Å². The van der Waals surface area contributed by atoms with E-state index in [2.05, 4.69) is 44.3 Å². The number of hydrogen-bond acceptors (Lipinski definition) is 7. The molecule has 1 aliphatic heterocycles. The molecule has 0 amide bonds. The number of thiophene rings is 1. The zero-order valence-electron chi connectivity index (χ0n) is 18.6. The summed E-state index contributed by atoms with van der Waals surface area (Å²) in [6.45, 7) is 4.08. The molecule has 1 aliphatic carbocycles. The van der Waals surface area contributed by atoms with Crippen LogP contribution in [0.15, 0.2) is 34.4 Å². The minimum absolute atomic E-state index is 0.0677. The number of anilines is 2. The first-order valence-corrected chi connectivity index (χ1v) is 12.5. The molecule has 1 saturated heterocycles. The number of fused-ring (bicyclic) bond motifs is 2. The van der Waals surface area contributed by atoms with Gasteiger partial charge in [0.25, 0.3) is 5.56 Å². The quantitative estimate of drug-likeness (QED) is 0.370. The van der Waals surface area contributed by atoms with Gasteiger partial charge in [0, 0.05) is 37.3 Å². The van der Waals surface area contributed by atoms with Crippen LogP contribution >= 0.6 is 11.3 Å². The van der Waals surface area contributed by atoms with Gasteiger partial charge in [-0.2, -0.15) is 0 Å². The first kappa shape index (κ1) is 20.7. The highest BCUT2D eigenvalue weighted by molar-refractivity contribution is 7.16. The number of nitrogens with zero attached hydrogens (tertiary/aromatic N) is 3. The normalized spacial score (nSPS) is 21.9. The van der Waals surface area contributed by atoms with Gasteiger partial charge in [0.05, 0.1) is 28.9 Å². The van der Waals surface area contributed by atoms with Crippen molar-refractivity contribution in [2.24, 2.45) is 0 Å². The van der Waals surface area contributed by atoms with Crippen LogP contribution < -0.4 is 15.8 Å². The molecule has 4 heterocycles. The second kappa shape index (κ2) is 8.16. The Kier molecular flexibility index (Phi) is 5.12. The van der Waals surface area contributed by atoms with Gasteiger partial charge in [-0.1, -0.05) is 0 Å². The number of rotatable bonds is 4. The number of hydrogen-bond donors (Lipinski definition) is 4. The summed E-state index contributed by atoms with van der Waals surface area (Å²) in [5.74, 6) is 0.546. The van der Waals surface area contributed by atoms with Crippen LogP contribution in [0.1, 0.15) is 19.3 Å². The Bertz CT molecular complexity index is 1370. The predicted octanol–water partition coefficient (Wildman–Crippen LogP) is 3.21. The van der Waals surface area contributed by atoms with E-state index in [1.165, 1.54) is 17.0 Å². The first-order chi connectivity index (χ1) is 16.1. The standard InChI is InChI=1S/C24H28N6O2S/c1-29-8-10-30(11-9-29)14-5-6-16-18(13-14)27-22(26-16)20-21(25-17-3-2-4-19(17)31)15-7-12-33-24(15)28-23(20)32/h5-7,12-13,17,19,31H,2-4,8-11H2,1H3,(H,26,27)(H2,25,28,32)/t17-,19-/m0/s1. The molecule has 4 aromatic rings. The highest BCUT2D eigenvalue weighted by Crippen LogP contribution is 2.35. The molecule has 0 spiro atoms. The first-order valence-electron chi connectivity index (χ1n) is 11.6. The number of aromatic amines is 2. The Morgan fingerprint density at radius 1 is 1.15 bits per heavy atom. The van der Waals surface area contributed by atoms with E-state index in [4.69, 9.17) is 4.98 Å². The molecule has 2 fully saturated rings. The zero-order chi connectivity index (χ0) is 22.5. The number of piperazine rings is 1. The SMILES string of the molecule is CN1CCN(c2ccc3nc(-c4c(N[C@H]5CCC[C@@H]5O)c5ccsc5[nH]c4=O)[nH]c3c2)CC1. The van der Waals surface area contributed by atoms with Gasteiger partial charge in [-0.05, 0) is 56.0 Å². The van der Waals surface area contributed by atoms with E-state index in [1.54, 1.807) is 0 Å². The molecular formula is C24H28N6O2S. The third-order valence-corrected chi connectivity index (χ3v) is 7.85. The predicted molar refractivity (Wildman–Crippen MR) is 135 cm³/mol. The lowest BCUT2D eigenvalue weighted by Gasteiger charge is -2.34. The van der Waals surface area contributed by atoms with Crippen molar-refractivity contribution in [2.45, 2.75) is 31.4 Å². The van der Waals surface area contributed by atoms with Gasteiger partial charge < -0.3 is 30.2 Å². The second-order valence-corrected chi connectivity index (χ2v) is 10.1. The van der Waals surface area contributed by atoms with Gasteiger partial charge in [-0.25, -0.2) is 4.98 Å². The fourth-order valence-corrected chi connectivity index (χ4v) is 5.85. The zero-order valence-corrected chi connectivity index (χ0v) is 19.4. The molecule has 1 saturated carbocycles. The van der Waals surface area contributed by atoms with E-state index in [9.17, 15) is 9.90 Å². The maximum absolute atomic E-state index is 13.2. The smallest absolute Gasteiger partial charge is 0.262 e. The monoisotopic (exact) mass is 464 g/mol. The summed E-state index contributed by atoms with van der Waals surface area (Å²) < 4.78 is 0. The van der Waals surface area contributed by atoms with Crippen LogP contribution in [0.5, 0.6) is 0 Å². The van der Waals surface area contributed by atoms with Crippen molar-refractivity contribution in [1.82, 2.24) is 19.9 Å². The lowest BCUT2D eigenvalue weighted by Crippen LogP contribution is -2.44. The molecular weight excluding hydrogens is 436 g/mol. The summed E-state index contributed by atoms with van der Waals surface area (Å²) in [5.41, 5.74) is 3.98. The van der Waals surface area contributed by atoms with E-state index in [1.807, 2.05) is 17.5 Å². The van der Waals surface area contributed by atoms with Crippen LogP contribution in [0.25, 0.3) is 32.6 Å². The van der Waals surface area contributed by atoms with Gasteiger partial charge in [0.2, 0.25) is 0 Å². The van der Waals surface area contributed by atoms with E-state index in [0.29, 0.717) is 11.4 Å². The minimum atomic E-state index is -0.410. The highest BCUT2D eigenvalue weighted by Gasteiger charge is 2.28. The largest absolute Gasteiger partial charge is 0.391 e. The van der Waals surface area contributed by atoms with Crippen LogP contribution in [-0.2, 0) is 0 Å². The number of nitrogens with one attached hydrogen (secondary N) is 3. The molecule has 1 aromatic carbocycles. The van der Waals surface area contributed by atoms with Gasteiger partial charge in [0.15, 0.2) is 0 Å². The molecule has 0 unspecified atom stereocenters. The van der Waals surface area contributed by atoms with Crippen molar-refractivity contribution in [3.8, 4) is 11.4 Å². The molecule has 6 rings (SSSR count). The Hall–Kier alpha value is -2.88. The third-order valence-electron chi connectivity index (χ3n) is 7.02. The molecule has 8 nitrogen and oxygen atoms in total. The van der Waals surface area contributed by atoms with Gasteiger partial charge in [0.1, 0.15) is 16.2 Å². The highest BCUT2D eigenvalue weighted by atomic mass is 32.1. The molecule has 33 heavy (non-hydrogen) atoms. The van der Waals surface area contributed by atoms with Crippen molar-refractivity contribution in [2.75, 3.05) is 43.4 Å². The number of pyridine rings is 1. The maximum Gasteiger partial charge on any atom is 0.262 e. The summed E-state index contributed by atoms with van der Waals surface area (Å²) in [7, 11) is 2.15. The number of aliphatic hydroxyl groups is 1. The maximum atomic E-state index is 13.2. The number of benzene rings is 1. The summed E-state index contributed by atoms with van der Waals surface area (Å²) in [6, 6.07) is 8.20. The summed E-state index contributed by atoms with van der Waals surface area (Å²) in [5, 5.41) is 16.8. The van der Waals surface area contributed by atoms with E-state index >= 15 is 0 Å². The van der Waals surface area contributed by atoms with Crippen LogP contribution in [0.4, 0.5) is 11.4 Å². The lowest BCUT2D eigenvalue weighted by molar-refractivity contribution is 0.172. The molecule has 2 atom stereocenters. The van der Waals surface area contributed by atoms with E-state index in [-0.39, 0.29) is 11.6 Å². The molecule has 3 aromatic heterocycles. The number of H-pyrrole nitrogens is 2.